The van der Waals surface area contributed by atoms with Gasteiger partial charge in [-0.05, 0) is 48.0 Å². The quantitative estimate of drug-likeness (QED) is 0.533. The Kier molecular flexibility index (Phi) is 4.44. The SMILES string of the molecule is N#C/C(=C\c1ccc(C(=O)O)cc1)C(=O)c1ccc(F)cc1. The fourth-order valence-electron chi connectivity index (χ4n) is 1.79. The van der Waals surface area contributed by atoms with Crippen LogP contribution in [-0.4, -0.2) is 16.9 Å². The highest BCUT2D eigenvalue weighted by molar-refractivity contribution is 6.14. The molecule has 0 unspecified atom stereocenters. The molecule has 0 saturated carbocycles. The number of halogens is 1. The summed E-state index contributed by atoms with van der Waals surface area (Å²) < 4.78 is 12.8. The van der Waals surface area contributed by atoms with Crippen molar-refractivity contribution < 1.29 is 19.1 Å². The fourth-order valence-corrected chi connectivity index (χ4v) is 1.79. The van der Waals surface area contributed by atoms with E-state index >= 15 is 0 Å². The molecule has 0 aliphatic carbocycles. The van der Waals surface area contributed by atoms with E-state index in [0.717, 1.165) is 12.1 Å². The van der Waals surface area contributed by atoms with E-state index in [1.54, 1.807) is 6.07 Å². The van der Waals surface area contributed by atoms with Crippen LogP contribution in [0.2, 0.25) is 0 Å². The number of carbonyl (C=O) groups excluding carboxylic acids is 1. The molecule has 0 aliphatic heterocycles. The van der Waals surface area contributed by atoms with Crippen LogP contribution in [0.4, 0.5) is 4.39 Å². The Hall–Kier alpha value is -3.26. The molecule has 0 aliphatic rings. The number of rotatable bonds is 4. The second-order valence-electron chi connectivity index (χ2n) is 4.43. The summed E-state index contributed by atoms with van der Waals surface area (Å²) in [4.78, 5) is 22.9. The maximum absolute atomic E-state index is 12.8. The van der Waals surface area contributed by atoms with Gasteiger partial charge < -0.3 is 5.11 Å². The Morgan fingerprint density at radius 2 is 1.55 bits per heavy atom. The number of nitriles is 1. The van der Waals surface area contributed by atoms with Crippen LogP contribution in [0.25, 0.3) is 6.08 Å². The zero-order valence-corrected chi connectivity index (χ0v) is 11.3. The molecule has 2 aromatic carbocycles. The highest BCUT2D eigenvalue weighted by Crippen LogP contribution is 2.14. The van der Waals surface area contributed by atoms with Crippen molar-refractivity contribution in [2.24, 2.45) is 0 Å². The van der Waals surface area contributed by atoms with Crippen molar-refractivity contribution in [3.8, 4) is 6.07 Å². The third-order valence-corrected chi connectivity index (χ3v) is 2.94. The van der Waals surface area contributed by atoms with Gasteiger partial charge in [0.2, 0.25) is 5.78 Å². The number of benzene rings is 2. The van der Waals surface area contributed by atoms with Crippen molar-refractivity contribution in [2.45, 2.75) is 0 Å². The molecule has 5 heteroatoms. The molecule has 0 amide bonds. The number of carboxylic acid groups (broad SMARTS) is 1. The zero-order chi connectivity index (χ0) is 16.1. The van der Waals surface area contributed by atoms with E-state index in [0.29, 0.717) is 5.56 Å². The van der Waals surface area contributed by atoms with Gasteiger partial charge in [-0.3, -0.25) is 4.79 Å². The predicted octanol–water partition coefficient (Wildman–Crippen LogP) is 3.31. The van der Waals surface area contributed by atoms with E-state index in [9.17, 15) is 14.0 Å². The molecule has 0 radical (unpaired) electrons. The number of hydrogen-bond donors (Lipinski definition) is 1. The monoisotopic (exact) mass is 295 g/mol. The summed E-state index contributed by atoms with van der Waals surface area (Å²) in [5.74, 6) is -2.05. The largest absolute Gasteiger partial charge is 0.478 e. The Morgan fingerprint density at radius 3 is 2.05 bits per heavy atom. The van der Waals surface area contributed by atoms with Gasteiger partial charge in [-0.2, -0.15) is 5.26 Å². The van der Waals surface area contributed by atoms with Crippen LogP contribution in [0.15, 0.2) is 54.1 Å². The second kappa shape index (κ2) is 6.46. The summed E-state index contributed by atoms with van der Waals surface area (Å²) in [5, 5.41) is 17.9. The van der Waals surface area contributed by atoms with Gasteiger partial charge >= 0.3 is 5.97 Å². The Bertz CT molecular complexity index is 784. The molecule has 22 heavy (non-hydrogen) atoms. The molecule has 0 atom stereocenters. The van der Waals surface area contributed by atoms with E-state index in [1.807, 2.05) is 0 Å². The van der Waals surface area contributed by atoms with Gasteiger partial charge in [0, 0.05) is 5.56 Å². The molecule has 108 valence electrons. The van der Waals surface area contributed by atoms with Crippen molar-refractivity contribution in [3.05, 3.63) is 76.6 Å². The van der Waals surface area contributed by atoms with Crippen LogP contribution in [0, 0.1) is 17.1 Å². The lowest BCUT2D eigenvalue weighted by Gasteiger charge is -2.00. The minimum Gasteiger partial charge on any atom is -0.478 e. The molecule has 0 aromatic heterocycles. The first-order chi connectivity index (χ1) is 10.5. The Labute approximate surface area is 125 Å². The van der Waals surface area contributed by atoms with E-state index in [-0.39, 0.29) is 16.7 Å². The molecule has 2 rings (SSSR count). The number of ketones is 1. The summed E-state index contributed by atoms with van der Waals surface area (Å²) in [7, 11) is 0. The smallest absolute Gasteiger partial charge is 0.335 e. The molecular formula is C17H10FNO3. The highest BCUT2D eigenvalue weighted by atomic mass is 19.1. The number of nitrogens with zero attached hydrogens (tertiary/aromatic N) is 1. The molecule has 4 nitrogen and oxygen atoms in total. The van der Waals surface area contributed by atoms with Crippen LogP contribution in [-0.2, 0) is 0 Å². The van der Waals surface area contributed by atoms with Crippen molar-refractivity contribution in [2.75, 3.05) is 0 Å². The standard InChI is InChI=1S/C17H10FNO3/c18-15-7-5-12(6-8-15)16(20)14(10-19)9-11-1-3-13(4-2-11)17(21)22/h1-9H,(H,21,22)/b14-9+. The molecule has 2 aromatic rings. The van der Waals surface area contributed by atoms with Gasteiger partial charge in [-0.15, -0.1) is 0 Å². The first-order valence-corrected chi connectivity index (χ1v) is 6.26. The van der Waals surface area contributed by atoms with Gasteiger partial charge in [-0.1, -0.05) is 12.1 Å². The lowest BCUT2D eigenvalue weighted by Crippen LogP contribution is -2.02. The number of carbonyl (C=O) groups is 2. The summed E-state index contributed by atoms with van der Waals surface area (Å²) >= 11 is 0. The highest BCUT2D eigenvalue weighted by Gasteiger charge is 2.12. The number of allylic oxidation sites excluding steroid dienone is 1. The number of carboxylic acids is 1. The number of aromatic carboxylic acids is 1. The molecule has 0 bridgehead atoms. The van der Waals surface area contributed by atoms with Crippen LogP contribution in [0.3, 0.4) is 0 Å². The maximum atomic E-state index is 12.8. The van der Waals surface area contributed by atoms with Gasteiger partial charge in [0.25, 0.3) is 0 Å². The molecule has 0 heterocycles. The Morgan fingerprint density at radius 1 is 1.00 bits per heavy atom. The van der Waals surface area contributed by atoms with Crippen molar-refractivity contribution in [1.29, 1.82) is 5.26 Å². The van der Waals surface area contributed by atoms with E-state index < -0.39 is 17.6 Å². The topological polar surface area (TPSA) is 78.2 Å². The second-order valence-corrected chi connectivity index (χ2v) is 4.43. The van der Waals surface area contributed by atoms with Gasteiger partial charge in [0.05, 0.1) is 5.56 Å². The molecule has 0 saturated heterocycles. The van der Waals surface area contributed by atoms with Crippen molar-refractivity contribution in [1.82, 2.24) is 0 Å². The fraction of sp³-hybridized carbons (Fsp3) is 0. The van der Waals surface area contributed by atoms with Crippen LogP contribution < -0.4 is 0 Å². The summed E-state index contributed by atoms with van der Waals surface area (Å²) in [6.07, 6.45) is 1.36. The normalized spacial score (nSPS) is 10.8. The Balaban J connectivity index is 2.31. The maximum Gasteiger partial charge on any atom is 0.335 e. The average Bonchev–Trinajstić information content (AvgIpc) is 2.53. The van der Waals surface area contributed by atoms with Crippen LogP contribution >= 0.6 is 0 Å². The zero-order valence-electron chi connectivity index (χ0n) is 11.3. The van der Waals surface area contributed by atoms with Crippen LogP contribution in [0.1, 0.15) is 26.3 Å². The summed E-state index contributed by atoms with van der Waals surface area (Å²) in [6, 6.07) is 12.5. The van der Waals surface area contributed by atoms with Gasteiger partial charge in [0.15, 0.2) is 0 Å². The third kappa shape index (κ3) is 3.44. The van der Waals surface area contributed by atoms with Crippen LogP contribution in [0.5, 0.6) is 0 Å². The molecule has 0 fully saturated rings. The van der Waals surface area contributed by atoms with Gasteiger partial charge in [-0.25, -0.2) is 9.18 Å². The number of Topliss-reactive ketones (excluding diaryl/α,β-unsaturated/α-hetero) is 1. The molecular weight excluding hydrogens is 285 g/mol. The van der Waals surface area contributed by atoms with Crippen molar-refractivity contribution >= 4 is 17.8 Å². The van der Waals surface area contributed by atoms with Gasteiger partial charge in [0.1, 0.15) is 17.5 Å². The first kappa shape index (κ1) is 15.1. The molecule has 0 spiro atoms. The average molecular weight is 295 g/mol. The lowest BCUT2D eigenvalue weighted by molar-refractivity contribution is 0.0696. The van der Waals surface area contributed by atoms with Crippen molar-refractivity contribution in [3.63, 3.8) is 0 Å². The minimum absolute atomic E-state index is 0.112. The first-order valence-electron chi connectivity index (χ1n) is 6.26. The minimum atomic E-state index is -1.06. The molecule has 1 N–H and O–H groups in total. The van der Waals surface area contributed by atoms with E-state index in [2.05, 4.69) is 0 Å². The van der Waals surface area contributed by atoms with E-state index in [1.165, 1.54) is 42.5 Å². The summed E-state index contributed by atoms with van der Waals surface area (Å²) in [5.41, 5.74) is 0.726. The number of hydrogen-bond acceptors (Lipinski definition) is 3. The predicted molar refractivity (Wildman–Crippen MR) is 77.7 cm³/mol. The summed E-state index contributed by atoms with van der Waals surface area (Å²) in [6.45, 7) is 0. The third-order valence-electron chi connectivity index (χ3n) is 2.94. The lowest BCUT2D eigenvalue weighted by atomic mass is 10.0. The van der Waals surface area contributed by atoms with E-state index in [4.69, 9.17) is 10.4 Å².